The number of Topliss-reactive ketones (excluding diaryl/α,β-unsaturated/α-hetero) is 1. The molecular weight excluding hydrogens is 354 g/mol. The van der Waals surface area contributed by atoms with Crippen molar-refractivity contribution in [1.29, 1.82) is 0 Å². The first-order valence-corrected chi connectivity index (χ1v) is 8.54. The zero-order valence-electron chi connectivity index (χ0n) is 14.9. The molecule has 3 N–H and O–H groups in total. The van der Waals surface area contributed by atoms with Gasteiger partial charge in [0.1, 0.15) is 11.6 Å². The summed E-state index contributed by atoms with van der Waals surface area (Å²) in [5, 5.41) is 15.8. The van der Waals surface area contributed by atoms with Gasteiger partial charge in [0, 0.05) is 25.1 Å². The molecule has 0 aromatic heterocycles. The van der Waals surface area contributed by atoms with Gasteiger partial charge in [0.05, 0.1) is 18.7 Å². The summed E-state index contributed by atoms with van der Waals surface area (Å²) in [6.07, 6.45) is -1.01. The molecule has 0 saturated carbocycles. The van der Waals surface area contributed by atoms with Crippen molar-refractivity contribution < 1.29 is 23.5 Å². The summed E-state index contributed by atoms with van der Waals surface area (Å²) in [5.74, 6) is -1.97. The third-order valence-electron chi connectivity index (χ3n) is 3.97. The maximum atomic E-state index is 13.4. The number of carbonyl (C=O) groups is 2. The molecule has 0 aliphatic rings. The zero-order valence-corrected chi connectivity index (χ0v) is 14.9. The Balaban J connectivity index is 1.94. The van der Waals surface area contributed by atoms with E-state index in [-0.39, 0.29) is 31.2 Å². The minimum absolute atomic E-state index is 0.0163. The van der Waals surface area contributed by atoms with E-state index in [9.17, 15) is 23.5 Å². The normalized spacial score (nSPS) is 13.0. The molecule has 2 atom stereocenters. The molecule has 2 aromatic carbocycles. The Labute approximate surface area is 156 Å². The van der Waals surface area contributed by atoms with Crippen LogP contribution in [0, 0.1) is 11.6 Å². The van der Waals surface area contributed by atoms with Crippen LogP contribution in [-0.4, -0.2) is 42.0 Å². The van der Waals surface area contributed by atoms with Crippen molar-refractivity contribution >= 4 is 11.7 Å². The van der Waals surface area contributed by atoms with E-state index in [0.717, 1.165) is 18.2 Å². The quantitative estimate of drug-likeness (QED) is 0.584. The molecule has 7 heteroatoms. The fourth-order valence-corrected chi connectivity index (χ4v) is 2.73. The van der Waals surface area contributed by atoms with Crippen LogP contribution in [0.3, 0.4) is 0 Å². The number of halogens is 2. The van der Waals surface area contributed by atoms with Crippen LogP contribution in [0.1, 0.15) is 22.8 Å². The zero-order chi connectivity index (χ0) is 19.8. The van der Waals surface area contributed by atoms with E-state index in [4.69, 9.17) is 0 Å². The van der Waals surface area contributed by atoms with Crippen LogP contribution in [-0.2, 0) is 11.2 Å². The SMILES string of the molecule is CC(=O)N[C@@H](Cc1cc(F)cc(F)c1)[C@H](O)CNCC(=O)c1ccccc1. The van der Waals surface area contributed by atoms with Crippen molar-refractivity contribution in [1.82, 2.24) is 10.6 Å². The highest BCUT2D eigenvalue weighted by Crippen LogP contribution is 2.12. The lowest BCUT2D eigenvalue weighted by Gasteiger charge is -2.24. The number of carbonyl (C=O) groups excluding carboxylic acids is 2. The molecule has 2 rings (SSSR count). The first-order chi connectivity index (χ1) is 12.8. The van der Waals surface area contributed by atoms with E-state index in [1.54, 1.807) is 30.3 Å². The smallest absolute Gasteiger partial charge is 0.217 e. The molecule has 0 heterocycles. The molecule has 0 radical (unpaired) electrons. The maximum absolute atomic E-state index is 13.4. The average molecular weight is 376 g/mol. The number of aliphatic hydroxyl groups is 1. The molecule has 144 valence electrons. The number of hydrogen-bond donors (Lipinski definition) is 3. The van der Waals surface area contributed by atoms with Crippen molar-refractivity contribution in [2.45, 2.75) is 25.5 Å². The molecule has 0 unspecified atom stereocenters. The summed E-state index contributed by atoms with van der Waals surface area (Å²) in [6.45, 7) is 1.34. The van der Waals surface area contributed by atoms with Gasteiger partial charge >= 0.3 is 0 Å². The third-order valence-corrected chi connectivity index (χ3v) is 3.97. The number of benzene rings is 2. The van der Waals surface area contributed by atoms with Gasteiger partial charge in [0.2, 0.25) is 5.91 Å². The Morgan fingerprint density at radius 3 is 2.30 bits per heavy atom. The minimum atomic E-state index is -1.05. The van der Waals surface area contributed by atoms with Crippen molar-refractivity contribution in [3.63, 3.8) is 0 Å². The number of nitrogens with one attached hydrogen (secondary N) is 2. The number of hydrogen-bond acceptors (Lipinski definition) is 4. The van der Waals surface area contributed by atoms with Crippen LogP contribution in [0.5, 0.6) is 0 Å². The standard InChI is InChI=1S/C20H22F2N2O3/c1-13(25)24-18(9-14-7-16(21)10-17(22)8-14)20(27)12-23-11-19(26)15-5-3-2-4-6-15/h2-8,10,18,20,23,27H,9,11-12H2,1H3,(H,24,25)/t18-,20+/m0/s1. The van der Waals surface area contributed by atoms with Gasteiger partial charge in [-0.1, -0.05) is 30.3 Å². The van der Waals surface area contributed by atoms with E-state index in [1.165, 1.54) is 6.92 Å². The van der Waals surface area contributed by atoms with Crippen LogP contribution in [0.25, 0.3) is 0 Å². The Kier molecular flexibility index (Phi) is 7.57. The van der Waals surface area contributed by atoms with Crippen molar-refractivity contribution in [2.24, 2.45) is 0 Å². The van der Waals surface area contributed by atoms with Crippen LogP contribution in [0.15, 0.2) is 48.5 Å². The summed E-state index contributed by atoms with van der Waals surface area (Å²) < 4.78 is 26.7. The molecule has 0 bridgehead atoms. The Hall–Kier alpha value is -2.64. The van der Waals surface area contributed by atoms with Crippen molar-refractivity contribution in [2.75, 3.05) is 13.1 Å². The molecule has 0 spiro atoms. The van der Waals surface area contributed by atoms with Gasteiger partial charge in [-0.2, -0.15) is 0 Å². The average Bonchev–Trinajstić information content (AvgIpc) is 2.60. The van der Waals surface area contributed by atoms with Crippen LogP contribution < -0.4 is 10.6 Å². The summed E-state index contributed by atoms with van der Waals surface area (Å²) in [5.41, 5.74) is 0.860. The van der Waals surface area contributed by atoms with E-state index < -0.39 is 23.8 Å². The van der Waals surface area contributed by atoms with Gasteiger partial charge in [-0.3, -0.25) is 9.59 Å². The third kappa shape index (κ3) is 6.88. The first-order valence-electron chi connectivity index (χ1n) is 8.54. The Morgan fingerprint density at radius 2 is 1.70 bits per heavy atom. The van der Waals surface area contributed by atoms with Gasteiger partial charge < -0.3 is 15.7 Å². The predicted molar refractivity (Wildman–Crippen MR) is 97.3 cm³/mol. The molecule has 0 aliphatic heterocycles. The molecule has 27 heavy (non-hydrogen) atoms. The lowest BCUT2D eigenvalue weighted by Crippen LogP contribution is -2.48. The topological polar surface area (TPSA) is 78.4 Å². The maximum Gasteiger partial charge on any atom is 0.217 e. The van der Waals surface area contributed by atoms with Crippen LogP contribution >= 0.6 is 0 Å². The molecule has 1 amide bonds. The van der Waals surface area contributed by atoms with Gasteiger partial charge in [-0.15, -0.1) is 0 Å². The van der Waals surface area contributed by atoms with Gasteiger partial charge in [0.25, 0.3) is 0 Å². The minimum Gasteiger partial charge on any atom is -0.390 e. The highest BCUT2D eigenvalue weighted by atomic mass is 19.1. The summed E-state index contributed by atoms with van der Waals surface area (Å²) in [7, 11) is 0. The van der Waals surface area contributed by atoms with E-state index in [1.807, 2.05) is 0 Å². The largest absolute Gasteiger partial charge is 0.390 e. The summed E-state index contributed by atoms with van der Waals surface area (Å²) in [6, 6.07) is 11.0. The second-order valence-corrected chi connectivity index (χ2v) is 6.28. The molecule has 0 fully saturated rings. The monoisotopic (exact) mass is 376 g/mol. The lowest BCUT2D eigenvalue weighted by atomic mass is 10.0. The highest BCUT2D eigenvalue weighted by Gasteiger charge is 2.21. The van der Waals surface area contributed by atoms with E-state index in [2.05, 4.69) is 10.6 Å². The molecule has 0 saturated heterocycles. The van der Waals surface area contributed by atoms with E-state index >= 15 is 0 Å². The summed E-state index contributed by atoms with van der Waals surface area (Å²) >= 11 is 0. The van der Waals surface area contributed by atoms with Crippen molar-refractivity contribution in [3.8, 4) is 0 Å². The van der Waals surface area contributed by atoms with Gasteiger partial charge in [-0.05, 0) is 24.1 Å². The fraction of sp³-hybridized carbons (Fsp3) is 0.300. The molecule has 0 aliphatic carbocycles. The predicted octanol–water partition coefficient (Wildman–Crippen LogP) is 1.85. The number of aliphatic hydroxyl groups excluding tert-OH is 1. The Morgan fingerprint density at radius 1 is 1.07 bits per heavy atom. The second-order valence-electron chi connectivity index (χ2n) is 6.28. The van der Waals surface area contributed by atoms with Gasteiger partial charge in [0.15, 0.2) is 5.78 Å². The Bertz CT molecular complexity index is 764. The molecule has 2 aromatic rings. The second kappa shape index (κ2) is 9.89. The molecular formula is C20H22F2N2O3. The lowest BCUT2D eigenvalue weighted by molar-refractivity contribution is -0.120. The number of amides is 1. The van der Waals surface area contributed by atoms with Crippen LogP contribution in [0.4, 0.5) is 8.78 Å². The first kappa shape index (κ1) is 20.7. The number of ketones is 1. The van der Waals surface area contributed by atoms with Crippen LogP contribution in [0.2, 0.25) is 0 Å². The van der Waals surface area contributed by atoms with Gasteiger partial charge in [-0.25, -0.2) is 8.78 Å². The van der Waals surface area contributed by atoms with E-state index in [0.29, 0.717) is 11.1 Å². The fourth-order valence-electron chi connectivity index (χ4n) is 2.73. The highest BCUT2D eigenvalue weighted by molar-refractivity contribution is 5.97. The van der Waals surface area contributed by atoms with Crippen molar-refractivity contribution in [3.05, 3.63) is 71.3 Å². The number of rotatable bonds is 9. The molecule has 5 nitrogen and oxygen atoms in total. The summed E-state index contributed by atoms with van der Waals surface area (Å²) in [4.78, 5) is 23.4.